The van der Waals surface area contributed by atoms with Crippen molar-refractivity contribution < 1.29 is 19.2 Å². The van der Waals surface area contributed by atoms with Gasteiger partial charge in [-0.2, -0.15) is 0 Å². The molecule has 138 valence electrons. The van der Waals surface area contributed by atoms with E-state index in [1.54, 1.807) is 6.07 Å². The normalized spacial score (nSPS) is 15.5. The smallest absolute Gasteiger partial charge is 0.311 e. The number of thioether (sulfide) groups is 1. The Labute approximate surface area is 167 Å². The Morgan fingerprint density at radius 1 is 1.22 bits per heavy atom. The van der Waals surface area contributed by atoms with Gasteiger partial charge in [0.05, 0.1) is 23.5 Å². The third-order valence-corrected chi connectivity index (χ3v) is 5.26. The number of methoxy groups -OCH3 is 1. The highest BCUT2D eigenvalue weighted by atomic mass is 79.9. The lowest BCUT2D eigenvalue weighted by Crippen LogP contribution is -2.27. The van der Waals surface area contributed by atoms with Gasteiger partial charge in [0.1, 0.15) is 0 Å². The molecule has 3 rings (SSSR count). The molecule has 0 unspecified atom stereocenters. The molecule has 1 aliphatic rings. The fourth-order valence-corrected chi connectivity index (χ4v) is 3.60. The molecule has 0 radical (unpaired) electrons. The average Bonchev–Trinajstić information content (AvgIpc) is 2.90. The quantitative estimate of drug-likeness (QED) is 0.377. The van der Waals surface area contributed by atoms with Gasteiger partial charge in [0.15, 0.2) is 5.75 Å². The first-order valence-electron chi connectivity index (χ1n) is 7.71. The molecule has 9 heteroatoms. The van der Waals surface area contributed by atoms with Crippen LogP contribution in [0.1, 0.15) is 11.1 Å². The second-order valence-electron chi connectivity index (χ2n) is 5.58. The van der Waals surface area contributed by atoms with Gasteiger partial charge < -0.3 is 4.74 Å². The van der Waals surface area contributed by atoms with Crippen molar-refractivity contribution in [3.8, 4) is 5.75 Å². The van der Waals surface area contributed by atoms with Gasteiger partial charge in [0.25, 0.3) is 11.1 Å². The third-order valence-electron chi connectivity index (χ3n) is 3.82. The highest BCUT2D eigenvalue weighted by molar-refractivity contribution is 9.10. The van der Waals surface area contributed by atoms with Crippen molar-refractivity contribution in [3.05, 3.63) is 73.1 Å². The lowest BCUT2D eigenvalue weighted by Gasteiger charge is -2.12. The van der Waals surface area contributed by atoms with Crippen LogP contribution in [0.4, 0.5) is 10.5 Å². The number of ether oxygens (including phenoxy) is 1. The lowest BCUT2D eigenvalue weighted by atomic mass is 10.1. The summed E-state index contributed by atoms with van der Waals surface area (Å²) >= 11 is 4.15. The number of hydrogen-bond donors (Lipinski definition) is 0. The number of nitro benzene ring substituents is 1. The SMILES string of the molecule is COc1ccc(/C=C2\SC(=O)N(Cc3ccc(Br)cc3)C2=O)cc1[N+](=O)[O-]. The molecule has 0 spiro atoms. The predicted molar refractivity (Wildman–Crippen MR) is 105 cm³/mol. The predicted octanol–water partition coefficient (Wildman–Crippen LogP) is 4.60. The summed E-state index contributed by atoms with van der Waals surface area (Å²) < 4.78 is 5.87. The van der Waals surface area contributed by atoms with Crippen molar-refractivity contribution in [3.63, 3.8) is 0 Å². The Bertz CT molecular complexity index is 959. The van der Waals surface area contributed by atoms with Gasteiger partial charge in [0.2, 0.25) is 0 Å². The van der Waals surface area contributed by atoms with Gasteiger partial charge in [-0.1, -0.05) is 34.1 Å². The highest BCUT2D eigenvalue weighted by Gasteiger charge is 2.35. The van der Waals surface area contributed by atoms with Crippen LogP contribution in [0.25, 0.3) is 6.08 Å². The van der Waals surface area contributed by atoms with Crippen LogP contribution in [-0.2, 0) is 11.3 Å². The summed E-state index contributed by atoms with van der Waals surface area (Å²) in [4.78, 5) is 36.7. The molecule has 2 aromatic carbocycles. The number of imide groups is 1. The van der Waals surface area contributed by atoms with Crippen molar-refractivity contribution >= 4 is 50.6 Å². The summed E-state index contributed by atoms with van der Waals surface area (Å²) in [7, 11) is 1.34. The van der Waals surface area contributed by atoms with E-state index >= 15 is 0 Å². The third kappa shape index (κ3) is 4.20. The van der Waals surface area contributed by atoms with Gasteiger partial charge in [-0.25, -0.2) is 0 Å². The van der Waals surface area contributed by atoms with E-state index in [0.717, 1.165) is 26.7 Å². The molecular formula is C18H13BrN2O5S. The monoisotopic (exact) mass is 448 g/mol. The van der Waals surface area contributed by atoms with Crippen LogP contribution in [0.2, 0.25) is 0 Å². The molecule has 0 N–H and O–H groups in total. The zero-order valence-electron chi connectivity index (χ0n) is 14.0. The number of nitrogens with zero attached hydrogens (tertiary/aromatic N) is 2. The molecule has 27 heavy (non-hydrogen) atoms. The van der Waals surface area contributed by atoms with E-state index in [0.29, 0.717) is 5.56 Å². The summed E-state index contributed by atoms with van der Waals surface area (Å²) in [6.07, 6.45) is 1.47. The highest BCUT2D eigenvalue weighted by Crippen LogP contribution is 2.35. The van der Waals surface area contributed by atoms with E-state index in [2.05, 4.69) is 15.9 Å². The zero-order valence-corrected chi connectivity index (χ0v) is 16.5. The van der Waals surface area contributed by atoms with Gasteiger partial charge >= 0.3 is 5.69 Å². The summed E-state index contributed by atoms with van der Waals surface area (Å²) in [6.45, 7) is 0.165. The Morgan fingerprint density at radius 2 is 1.93 bits per heavy atom. The zero-order chi connectivity index (χ0) is 19.6. The molecule has 1 heterocycles. The molecule has 2 aromatic rings. The minimum atomic E-state index is -0.560. The Balaban J connectivity index is 1.84. The van der Waals surface area contributed by atoms with E-state index in [1.165, 1.54) is 25.3 Å². The van der Waals surface area contributed by atoms with Crippen LogP contribution in [0.3, 0.4) is 0 Å². The summed E-state index contributed by atoms with van der Waals surface area (Å²) in [5.41, 5.74) is 1.05. The minimum Gasteiger partial charge on any atom is -0.490 e. The van der Waals surface area contributed by atoms with Crippen LogP contribution in [0, 0.1) is 10.1 Å². The first kappa shape index (κ1) is 19.1. The Kier molecular flexibility index (Phi) is 5.62. The van der Waals surface area contributed by atoms with Crippen LogP contribution in [-0.4, -0.2) is 28.1 Å². The number of nitro groups is 1. The maximum atomic E-state index is 12.6. The Hall–Kier alpha value is -2.65. The lowest BCUT2D eigenvalue weighted by molar-refractivity contribution is -0.385. The van der Waals surface area contributed by atoms with E-state index in [9.17, 15) is 19.7 Å². The molecule has 0 atom stereocenters. The fraction of sp³-hybridized carbons (Fsp3) is 0.111. The largest absolute Gasteiger partial charge is 0.490 e. The average molecular weight is 449 g/mol. The molecule has 0 aliphatic carbocycles. The maximum Gasteiger partial charge on any atom is 0.311 e. The van der Waals surface area contributed by atoms with E-state index < -0.39 is 10.8 Å². The molecule has 7 nitrogen and oxygen atoms in total. The first-order valence-corrected chi connectivity index (χ1v) is 9.32. The van der Waals surface area contributed by atoms with Gasteiger partial charge in [0, 0.05) is 10.5 Å². The molecule has 0 bridgehead atoms. The topological polar surface area (TPSA) is 89.8 Å². The summed E-state index contributed by atoms with van der Waals surface area (Å²) in [5.74, 6) is -0.299. The number of rotatable bonds is 5. The molecular weight excluding hydrogens is 436 g/mol. The Morgan fingerprint density at radius 3 is 2.56 bits per heavy atom. The van der Waals surface area contributed by atoms with Gasteiger partial charge in [-0.05, 0) is 47.2 Å². The molecule has 2 amide bonds. The first-order chi connectivity index (χ1) is 12.9. The summed E-state index contributed by atoms with van der Waals surface area (Å²) in [6, 6.07) is 11.7. The minimum absolute atomic E-state index is 0.125. The van der Waals surface area contributed by atoms with E-state index in [4.69, 9.17) is 4.74 Å². The van der Waals surface area contributed by atoms with E-state index in [1.807, 2.05) is 24.3 Å². The summed E-state index contributed by atoms with van der Waals surface area (Å²) in [5, 5.41) is 10.8. The van der Waals surface area contributed by atoms with Crippen molar-refractivity contribution in [2.24, 2.45) is 0 Å². The van der Waals surface area contributed by atoms with E-state index in [-0.39, 0.29) is 28.1 Å². The second kappa shape index (κ2) is 7.93. The number of carbonyl (C=O) groups is 2. The molecule has 1 aliphatic heterocycles. The number of halogens is 1. The standard InChI is InChI=1S/C18H13BrN2O5S/c1-26-15-7-4-12(8-14(15)21(24)25)9-16-17(22)20(18(23)27-16)10-11-2-5-13(19)6-3-11/h2-9H,10H2,1H3/b16-9-. The number of hydrogen-bond acceptors (Lipinski definition) is 6. The maximum absolute atomic E-state index is 12.6. The fourth-order valence-electron chi connectivity index (χ4n) is 2.50. The second-order valence-corrected chi connectivity index (χ2v) is 7.49. The number of carbonyl (C=O) groups excluding carboxylic acids is 2. The van der Waals surface area contributed by atoms with Gasteiger partial charge in [-0.3, -0.25) is 24.6 Å². The number of benzene rings is 2. The van der Waals surface area contributed by atoms with Crippen molar-refractivity contribution in [1.29, 1.82) is 0 Å². The van der Waals surface area contributed by atoms with Crippen LogP contribution in [0.5, 0.6) is 5.75 Å². The van der Waals surface area contributed by atoms with Gasteiger partial charge in [-0.15, -0.1) is 0 Å². The number of amides is 2. The van der Waals surface area contributed by atoms with Crippen molar-refractivity contribution in [2.45, 2.75) is 6.54 Å². The molecule has 1 saturated heterocycles. The molecule has 1 fully saturated rings. The van der Waals surface area contributed by atoms with Crippen LogP contribution >= 0.6 is 27.7 Å². The molecule has 0 saturated carbocycles. The van der Waals surface area contributed by atoms with Crippen LogP contribution in [0.15, 0.2) is 51.8 Å². The van der Waals surface area contributed by atoms with Crippen LogP contribution < -0.4 is 4.74 Å². The molecule has 0 aromatic heterocycles. The van der Waals surface area contributed by atoms with Crippen molar-refractivity contribution in [1.82, 2.24) is 4.90 Å². The van der Waals surface area contributed by atoms with Crippen molar-refractivity contribution in [2.75, 3.05) is 7.11 Å².